The zero-order valence-electron chi connectivity index (χ0n) is 17.4. The number of aromatic nitrogens is 2. The van der Waals surface area contributed by atoms with E-state index in [0.29, 0.717) is 17.4 Å². The maximum Gasteiger partial charge on any atom is 0.268 e. The maximum atomic E-state index is 12.7. The number of benzene rings is 2. The number of carbonyl (C=O) groups excluding carboxylic acids is 1. The first-order valence-corrected chi connectivity index (χ1v) is 10.9. The number of ether oxygens (including phenoxy) is 1. The molecular weight excluding hydrogens is 420 g/mol. The van der Waals surface area contributed by atoms with Crippen molar-refractivity contribution in [2.24, 2.45) is 0 Å². The number of thiazole rings is 1. The Labute approximate surface area is 190 Å². The normalized spacial score (nSPS) is 11.1. The highest BCUT2D eigenvalue weighted by atomic mass is 32.1. The molecule has 0 saturated heterocycles. The molecule has 2 aromatic heterocycles. The van der Waals surface area contributed by atoms with Crippen molar-refractivity contribution < 1.29 is 9.53 Å². The predicted molar refractivity (Wildman–Crippen MR) is 127 cm³/mol. The number of anilines is 1. The summed E-state index contributed by atoms with van der Waals surface area (Å²) in [5.41, 5.74) is 3.35. The highest BCUT2D eigenvalue weighted by Crippen LogP contribution is 2.25. The summed E-state index contributed by atoms with van der Waals surface area (Å²) in [6.45, 7) is 2.54. The molecule has 0 aliphatic carbocycles. The molecule has 6 nitrogen and oxygen atoms in total. The molecule has 0 bridgehead atoms. The molecule has 0 saturated carbocycles. The molecule has 1 amide bonds. The van der Waals surface area contributed by atoms with Crippen LogP contribution in [0, 0.1) is 11.3 Å². The smallest absolute Gasteiger partial charge is 0.268 e. The number of nitriles is 1. The lowest BCUT2D eigenvalue weighted by molar-refractivity contribution is -0.112. The van der Waals surface area contributed by atoms with Crippen LogP contribution < -0.4 is 10.1 Å². The molecule has 4 aromatic rings. The number of amides is 1. The van der Waals surface area contributed by atoms with Crippen LogP contribution in [-0.4, -0.2) is 22.1 Å². The van der Waals surface area contributed by atoms with Crippen LogP contribution in [0.4, 0.5) is 5.13 Å². The predicted octanol–water partition coefficient (Wildman–Crippen LogP) is 5.55. The summed E-state index contributed by atoms with van der Waals surface area (Å²) < 4.78 is 7.39. The largest absolute Gasteiger partial charge is 0.494 e. The van der Waals surface area contributed by atoms with Crippen LogP contribution in [0.3, 0.4) is 0 Å². The van der Waals surface area contributed by atoms with Crippen LogP contribution in [0.15, 0.2) is 83.9 Å². The Bertz CT molecular complexity index is 1280. The summed E-state index contributed by atoms with van der Waals surface area (Å²) in [6, 6.07) is 23.0. The minimum atomic E-state index is -0.499. The van der Waals surface area contributed by atoms with Gasteiger partial charge in [-0.25, -0.2) is 4.98 Å². The lowest BCUT2D eigenvalue weighted by atomic mass is 10.2. The molecule has 0 fully saturated rings. The second-order valence-electron chi connectivity index (χ2n) is 6.76. The lowest BCUT2D eigenvalue weighted by Crippen LogP contribution is -2.13. The molecule has 0 radical (unpaired) electrons. The average molecular weight is 441 g/mol. The molecule has 158 valence electrons. The average Bonchev–Trinajstić information content (AvgIpc) is 3.48. The van der Waals surface area contributed by atoms with E-state index >= 15 is 0 Å². The highest BCUT2D eigenvalue weighted by molar-refractivity contribution is 7.14. The Kier molecular flexibility index (Phi) is 6.44. The van der Waals surface area contributed by atoms with Crippen LogP contribution in [0.1, 0.15) is 12.6 Å². The van der Waals surface area contributed by atoms with Gasteiger partial charge in [0.1, 0.15) is 17.4 Å². The molecule has 2 aromatic carbocycles. The van der Waals surface area contributed by atoms with Gasteiger partial charge in [-0.15, -0.1) is 11.3 Å². The summed E-state index contributed by atoms with van der Waals surface area (Å²) in [4.78, 5) is 17.2. The molecule has 0 aliphatic heterocycles. The molecule has 7 heteroatoms. The summed E-state index contributed by atoms with van der Waals surface area (Å²) in [6.07, 6.45) is 3.44. The monoisotopic (exact) mass is 440 g/mol. The topological polar surface area (TPSA) is 79.9 Å². The number of nitrogens with one attached hydrogen (secondary N) is 1. The number of nitrogens with zero attached hydrogens (tertiary/aromatic N) is 3. The van der Waals surface area contributed by atoms with Crippen molar-refractivity contribution in [2.45, 2.75) is 6.92 Å². The third kappa shape index (κ3) is 4.77. The van der Waals surface area contributed by atoms with Gasteiger partial charge in [-0.1, -0.05) is 30.3 Å². The molecular formula is C25H20N4O2S. The molecule has 1 N–H and O–H groups in total. The van der Waals surface area contributed by atoms with Crippen LogP contribution >= 0.6 is 11.3 Å². The van der Waals surface area contributed by atoms with Crippen LogP contribution in [0.5, 0.6) is 5.75 Å². The van der Waals surface area contributed by atoms with E-state index in [0.717, 1.165) is 22.7 Å². The summed E-state index contributed by atoms with van der Waals surface area (Å²) in [5.74, 6) is 0.289. The van der Waals surface area contributed by atoms with Gasteiger partial charge in [0.15, 0.2) is 5.13 Å². The lowest BCUT2D eigenvalue weighted by Gasteiger charge is -2.09. The Morgan fingerprint density at radius 1 is 1.16 bits per heavy atom. The second-order valence-corrected chi connectivity index (χ2v) is 7.62. The Hall–Kier alpha value is -4.15. The molecule has 2 heterocycles. The fraction of sp³-hybridized carbons (Fsp3) is 0.0800. The van der Waals surface area contributed by atoms with Crippen molar-refractivity contribution in [2.75, 3.05) is 11.9 Å². The molecule has 0 aliphatic rings. The number of hydrogen-bond acceptors (Lipinski definition) is 5. The SMILES string of the molecule is CCOc1ccc(-n2cccc2/C=C(/C#N)C(=O)Nc2nc(-c3ccccc3)cs2)cc1. The van der Waals surface area contributed by atoms with Crippen LogP contribution in [0.2, 0.25) is 0 Å². The van der Waals surface area contributed by atoms with Crippen molar-refractivity contribution in [1.29, 1.82) is 5.26 Å². The van der Waals surface area contributed by atoms with E-state index in [2.05, 4.69) is 10.3 Å². The quantitative estimate of drug-likeness (QED) is 0.302. The third-order valence-corrected chi connectivity index (χ3v) is 5.42. The third-order valence-electron chi connectivity index (χ3n) is 4.66. The first kappa shape index (κ1) is 21.1. The molecule has 32 heavy (non-hydrogen) atoms. The standard InChI is InChI=1S/C25H20N4O2S/c1-2-31-22-12-10-20(11-13-22)29-14-6-9-21(29)15-19(16-26)24(30)28-25-27-23(17-32-25)18-7-4-3-5-8-18/h3-15,17H,2H2,1H3,(H,27,28,30)/b19-15-. The van der Waals surface area contributed by atoms with E-state index < -0.39 is 5.91 Å². The Morgan fingerprint density at radius 3 is 2.66 bits per heavy atom. The van der Waals surface area contributed by atoms with E-state index in [9.17, 15) is 10.1 Å². The maximum absolute atomic E-state index is 12.7. The summed E-state index contributed by atoms with van der Waals surface area (Å²) in [7, 11) is 0. The van der Waals surface area contributed by atoms with Crippen LogP contribution in [-0.2, 0) is 4.79 Å². The van der Waals surface area contributed by atoms with Gasteiger partial charge in [0, 0.05) is 28.5 Å². The Balaban J connectivity index is 1.53. The summed E-state index contributed by atoms with van der Waals surface area (Å²) in [5, 5.41) is 14.6. The van der Waals surface area contributed by atoms with E-state index in [1.54, 1.807) is 6.08 Å². The molecule has 0 atom stereocenters. The van der Waals surface area contributed by atoms with Gasteiger partial charge in [-0.3, -0.25) is 10.1 Å². The van der Waals surface area contributed by atoms with E-state index in [-0.39, 0.29) is 5.57 Å². The van der Waals surface area contributed by atoms with Gasteiger partial charge in [0.2, 0.25) is 0 Å². The van der Waals surface area contributed by atoms with Crippen molar-refractivity contribution in [1.82, 2.24) is 9.55 Å². The van der Waals surface area contributed by atoms with Gasteiger partial charge in [-0.2, -0.15) is 5.26 Å². The van der Waals surface area contributed by atoms with Gasteiger partial charge in [0.25, 0.3) is 5.91 Å². The zero-order valence-corrected chi connectivity index (χ0v) is 18.2. The minimum Gasteiger partial charge on any atom is -0.494 e. The number of rotatable bonds is 7. The number of carbonyl (C=O) groups is 1. The van der Waals surface area contributed by atoms with E-state index in [1.807, 2.05) is 95.9 Å². The molecule has 0 spiro atoms. The van der Waals surface area contributed by atoms with E-state index in [1.165, 1.54) is 11.3 Å². The van der Waals surface area contributed by atoms with Gasteiger partial charge < -0.3 is 9.30 Å². The second kappa shape index (κ2) is 9.77. The van der Waals surface area contributed by atoms with E-state index in [4.69, 9.17) is 4.74 Å². The molecule has 4 rings (SSSR count). The fourth-order valence-corrected chi connectivity index (χ4v) is 3.86. The van der Waals surface area contributed by atoms with Crippen molar-refractivity contribution >= 4 is 28.5 Å². The fourth-order valence-electron chi connectivity index (χ4n) is 3.15. The van der Waals surface area contributed by atoms with Crippen LogP contribution in [0.25, 0.3) is 23.0 Å². The summed E-state index contributed by atoms with van der Waals surface area (Å²) >= 11 is 1.32. The van der Waals surface area contributed by atoms with Crippen molar-refractivity contribution in [3.63, 3.8) is 0 Å². The minimum absolute atomic E-state index is 0.00709. The van der Waals surface area contributed by atoms with Crippen molar-refractivity contribution in [3.05, 3.63) is 89.6 Å². The first-order valence-electron chi connectivity index (χ1n) is 10.0. The van der Waals surface area contributed by atoms with Crippen molar-refractivity contribution in [3.8, 4) is 28.8 Å². The Morgan fingerprint density at radius 2 is 1.94 bits per heavy atom. The first-order chi connectivity index (χ1) is 15.7. The van der Waals surface area contributed by atoms with Gasteiger partial charge in [-0.05, 0) is 49.4 Å². The van der Waals surface area contributed by atoms with Gasteiger partial charge >= 0.3 is 0 Å². The highest BCUT2D eigenvalue weighted by Gasteiger charge is 2.14. The molecule has 0 unspecified atom stereocenters. The zero-order chi connectivity index (χ0) is 22.3. The van der Waals surface area contributed by atoms with Gasteiger partial charge in [0.05, 0.1) is 12.3 Å². The number of hydrogen-bond donors (Lipinski definition) is 1.